The summed E-state index contributed by atoms with van der Waals surface area (Å²) in [6.45, 7) is 7.06. The maximum Gasteiger partial charge on any atom is 0.191 e. The van der Waals surface area contributed by atoms with Crippen molar-refractivity contribution in [1.82, 2.24) is 20.4 Å². The number of halogens is 1. The van der Waals surface area contributed by atoms with Crippen LogP contribution < -0.4 is 10.6 Å². The number of hydrogen-bond acceptors (Lipinski definition) is 4. The van der Waals surface area contributed by atoms with Gasteiger partial charge in [0.2, 0.25) is 0 Å². The van der Waals surface area contributed by atoms with Gasteiger partial charge in [0.05, 0.1) is 0 Å². The highest BCUT2D eigenvalue weighted by molar-refractivity contribution is 14.0. The maximum atomic E-state index is 5.59. The minimum Gasteiger partial charge on any atom is -0.381 e. The molecule has 0 radical (unpaired) electrons. The molecule has 170 valence electrons. The maximum absolute atomic E-state index is 5.59. The van der Waals surface area contributed by atoms with Crippen molar-refractivity contribution in [3.63, 3.8) is 0 Å². The first kappa shape index (κ1) is 25.4. The minimum absolute atomic E-state index is 0. The zero-order valence-corrected chi connectivity index (χ0v) is 21.4. The van der Waals surface area contributed by atoms with Crippen molar-refractivity contribution in [2.24, 2.45) is 4.99 Å². The number of likely N-dealkylation sites (N-methyl/N-ethyl adjacent to an activating group) is 1. The first-order valence-corrected chi connectivity index (χ1v) is 11.0. The number of nitrogens with one attached hydrogen (secondary N) is 2. The number of likely N-dealkylation sites (tertiary alicyclic amines) is 1. The topological polar surface area (TPSA) is 52.1 Å². The summed E-state index contributed by atoms with van der Waals surface area (Å²) in [5, 5.41) is 7.28. The quantitative estimate of drug-likeness (QED) is 0.337. The fourth-order valence-corrected chi connectivity index (χ4v) is 4.57. The van der Waals surface area contributed by atoms with Gasteiger partial charge in [-0.2, -0.15) is 0 Å². The summed E-state index contributed by atoms with van der Waals surface area (Å²) >= 11 is 0. The van der Waals surface area contributed by atoms with Crippen LogP contribution in [0.5, 0.6) is 0 Å². The van der Waals surface area contributed by atoms with Crippen molar-refractivity contribution in [1.29, 1.82) is 0 Å². The Morgan fingerprint density at radius 2 is 1.93 bits per heavy atom. The molecule has 2 N–H and O–H groups in total. The van der Waals surface area contributed by atoms with Gasteiger partial charge in [0, 0.05) is 57.5 Å². The largest absolute Gasteiger partial charge is 0.381 e. The van der Waals surface area contributed by atoms with Crippen LogP contribution in [-0.4, -0.2) is 80.8 Å². The van der Waals surface area contributed by atoms with E-state index in [9.17, 15) is 0 Å². The summed E-state index contributed by atoms with van der Waals surface area (Å²) in [6.07, 6.45) is 4.39. The summed E-state index contributed by atoms with van der Waals surface area (Å²) in [5.74, 6) is 0.923. The Labute approximate surface area is 199 Å². The third-order valence-electron chi connectivity index (χ3n) is 6.76. The Morgan fingerprint density at radius 1 is 1.23 bits per heavy atom. The lowest BCUT2D eigenvalue weighted by Gasteiger charge is -2.43. The smallest absolute Gasteiger partial charge is 0.191 e. The van der Waals surface area contributed by atoms with Crippen LogP contribution in [0.25, 0.3) is 0 Å². The molecule has 2 atom stereocenters. The molecule has 2 heterocycles. The van der Waals surface area contributed by atoms with E-state index in [0.717, 1.165) is 64.5 Å². The number of rotatable bonds is 6. The van der Waals surface area contributed by atoms with Crippen molar-refractivity contribution < 1.29 is 4.74 Å². The van der Waals surface area contributed by atoms with Crippen molar-refractivity contribution in [3.05, 3.63) is 35.9 Å². The van der Waals surface area contributed by atoms with Crippen molar-refractivity contribution in [3.8, 4) is 0 Å². The number of hydrogen-bond donors (Lipinski definition) is 2. The lowest BCUT2D eigenvalue weighted by atomic mass is 9.88. The van der Waals surface area contributed by atoms with Crippen molar-refractivity contribution >= 4 is 29.9 Å². The van der Waals surface area contributed by atoms with E-state index in [0.29, 0.717) is 12.1 Å². The highest BCUT2D eigenvalue weighted by Gasteiger charge is 2.35. The molecule has 30 heavy (non-hydrogen) atoms. The van der Waals surface area contributed by atoms with E-state index in [2.05, 4.69) is 76.8 Å². The third-order valence-corrected chi connectivity index (χ3v) is 6.76. The van der Waals surface area contributed by atoms with Gasteiger partial charge in [0.15, 0.2) is 5.96 Å². The number of piperidine rings is 1. The van der Waals surface area contributed by atoms with E-state index in [1.807, 2.05) is 7.05 Å². The van der Waals surface area contributed by atoms with Crippen molar-refractivity contribution in [2.75, 3.05) is 47.4 Å². The molecule has 2 aliphatic rings. The molecular formula is C23H40IN5O. The van der Waals surface area contributed by atoms with Crippen LogP contribution in [0.4, 0.5) is 0 Å². The van der Waals surface area contributed by atoms with Crippen LogP contribution in [0.2, 0.25) is 0 Å². The van der Waals surface area contributed by atoms with Gasteiger partial charge in [-0.05, 0) is 52.3 Å². The number of ether oxygens (including phenoxy) is 1. The van der Waals surface area contributed by atoms with Gasteiger partial charge in [0.25, 0.3) is 0 Å². The molecule has 0 amide bonds. The average molecular weight is 530 g/mol. The Hall–Kier alpha value is -0.900. The molecule has 2 saturated heterocycles. The molecule has 0 bridgehead atoms. The number of guanidine groups is 1. The second-order valence-electron chi connectivity index (χ2n) is 8.83. The van der Waals surface area contributed by atoms with Crippen LogP contribution in [-0.2, 0) is 11.3 Å². The summed E-state index contributed by atoms with van der Waals surface area (Å²) in [7, 11) is 6.22. The molecule has 2 unspecified atom stereocenters. The Kier molecular flexibility index (Phi) is 10.3. The molecule has 3 rings (SSSR count). The van der Waals surface area contributed by atoms with Crippen LogP contribution in [0.1, 0.15) is 38.2 Å². The lowest BCUT2D eigenvalue weighted by Crippen LogP contribution is -2.58. The standard InChI is InChI=1S/C23H39N5O.HI/c1-19-16-21(10-13-28(19)17-20-8-6-5-7-9-20)26-22(24-2)25-18-23(27(3)4)11-14-29-15-12-23;/h5-9,19,21H,10-18H2,1-4H3,(H2,24,25,26);1H. The lowest BCUT2D eigenvalue weighted by molar-refractivity contribution is -0.00505. The molecule has 1 aromatic rings. The molecule has 0 aromatic heterocycles. The first-order chi connectivity index (χ1) is 14.0. The van der Waals surface area contributed by atoms with E-state index >= 15 is 0 Å². The Balaban J connectivity index is 0.00000320. The number of nitrogens with zero attached hydrogens (tertiary/aromatic N) is 3. The van der Waals surface area contributed by atoms with Gasteiger partial charge in [-0.15, -0.1) is 24.0 Å². The second kappa shape index (κ2) is 12.2. The van der Waals surface area contributed by atoms with Crippen LogP contribution in [0, 0.1) is 0 Å². The van der Waals surface area contributed by atoms with Gasteiger partial charge >= 0.3 is 0 Å². The van der Waals surface area contributed by atoms with Gasteiger partial charge in [-0.1, -0.05) is 30.3 Å². The van der Waals surface area contributed by atoms with E-state index in [4.69, 9.17) is 4.74 Å². The van der Waals surface area contributed by atoms with E-state index < -0.39 is 0 Å². The molecule has 2 fully saturated rings. The fourth-order valence-electron chi connectivity index (χ4n) is 4.57. The zero-order valence-electron chi connectivity index (χ0n) is 19.1. The minimum atomic E-state index is 0. The molecule has 7 heteroatoms. The molecule has 6 nitrogen and oxygen atoms in total. The summed E-state index contributed by atoms with van der Waals surface area (Å²) in [6, 6.07) is 11.8. The van der Waals surface area contributed by atoms with Crippen LogP contribution in [0.3, 0.4) is 0 Å². The number of benzene rings is 1. The Bertz CT molecular complexity index is 648. The third kappa shape index (κ3) is 6.80. The SMILES string of the molecule is CN=C(NCC1(N(C)C)CCOCC1)NC1CCN(Cc2ccccc2)C(C)C1.I. The Morgan fingerprint density at radius 3 is 2.53 bits per heavy atom. The number of aliphatic imine (C=N–C) groups is 1. The molecule has 2 aliphatic heterocycles. The van der Waals surface area contributed by atoms with Crippen LogP contribution in [0.15, 0.2) is 35.3 Å². The fraction of sp³-hybridized carbons (Fsp3) is 0.696. The summed E-state index contributed by atoms with van der Waals surface area (Å²) < 4.78 is 5.59. The second-order valence-corrected chi connectivity index (χ2v) is 8.83. The molecule has 0 aliphatic carbocycles. The van der Waals surface area contributed by atoms with Gasteiger partial charge in [0.1, 0.15) is 0 Å². The average Bonchev–Trinajstić information content (AvgIpc) is 2.74. The highest BCUT2D eigenvalue weighted by atomic mass is 127. The summed E-state index contributed by atoms with van der Waals surface area (Å²) in [4.78, 5) is 9.44. The van der Waals surface area contributed by atoms with E-state index in [1.54, 1.807) is 0 Å². The normalized spacial score (nSPS) is 24.9. The van der Waals surface area contributed by atoms with Crippen molar-refractivity contribution in [2.45, 2.75) is 56.8 Å². The molecule has 0 spiro atoms. The summed E-state index contributed by atoms with van der Waals surface area (Å²) in [5.41, 5.74) is 1.54. The molecular weight excluding hydrogens is 489 g/mol. The predicted octanol–water partition coefficient (Wildman–Crippen LogP) is 2.93. The highest BCUT2D eigenvalue weighted by Crippen LogP contribution is 2.25. The molecule has 1 aromatic carbocycles. The predicted molar refractivity (Wildman–Crippen MR) is 136 cm³/mol. The molecule has 0 saturated carbocycles. The van der Waals surface area contributed by atoms with Gasteiger partial charge in [-0.25, -0.2) is 0 Å². The monoisotopic (exact) mass is 529 g/mol. The van der Waals surface area contributed by atoms with Gasteiger partial charge < -0.3 is 20.3 Å². The zero-order chi connectivity index (χ0) is 20.7. The van der Waals surface area contributed by atoms with E-state index in [1.165, 1.54) is 5.56 Å². The first-order valence-electron chi connectivity index (χ1n) is 11.0. The van der Waals surface area contributed by atoms with Gasteiger partial charge in [-0.3, -0.25) is 9.89 Å². The van der Waals surface area contributed by atoms with Crippen LogP contribution >= 0.6 is 24.0 Å². The van der Waals surface area contributed by atoms with E-state index in [-0.39, 0.29) is 29.5 Å².